The number of pyridine rings is 1. The Kier molecular flexibility index (Phi) is 6.20. The number of nitrogens with one attached hydrogen (secondary N) is 1. The highest BCUT2D eigenvalue weighted by atomic mass is 16.5. The number of aromatic nitrogens is 3. The molecule has 7 nitrogen and oxygen atoms in total. The Labute approximate surface area is 176 Å². The van der Waals surface area contributed by atoms with Crippen molar-refractivity contribution in [3.63, 3.8) is 0 Å². The fourth-order valence-corrected chi connectivity index (χ4v) is 3.23. The molecule has 0 spiro atoms. The van der Waals surface area contributed by atoms with Crippen molar-refractivity contribution in [3.8, 4) is 0 Å². The first-order chi connectivity index (χ1) is 14.2. The minimum Gasteiger partial charge on any atom is -0.452 e. The van der Waals surface area contributed by atoms with Crippen LogP contribution in [0.2, 0.25) is 0 Å². The molecule has 0 bridgehead atoms. The quantitative estimate of drug-likeness (QED) is 0.605. The van der Waals surface area contributed by atoms with Crippen molar-refractivity contribution in [2.45, 2.75) is 53.5 Å². The van der Waals surface area contributed by atoms with Gasteiger partial charge in [0.05, 0.1) is 17.1 Å². The molecule has 30 heavy (non-hydrogen) atoms. The zero-order chi connectivity index (χ0) is 22.0. The summed E-state index contributed by atoms with van der Waals surface area (Å²) in [6.07, 6.45) is 1.62. The Bertz CT molecular complexity index is 1100. The standard InChI is InChI=1S/C23H28N4O3/c1-13(2)20-10-17(18-11-24-27(14(3)4)22(18)26-20)23(29)30-12-21(28)25-19-8-7-15(5)9-16(19)6/h7-11,13-14H,12H2,1-6H3,(H,25,28). The predicted octanol–water partition coefficient (Wildman–Crippen LogP) is 4.55. The van der Waals surface area contributed by atoms with Crippen molar-refractivity contribution in [3.05, 3.63) is 52.8 Å². The van der Waals surface area contributed by atoms with E-state index in [4.69, 9.17) is 4.74 Å². The molecule has 0 radical (unpaired) electrons. The third-order valence-corrected chi connectivity index (χ3v) is 4.88. The number of aryl methyl sites for hydroxylation is 2. The van der Waals surface area contributed by atoms with Crippen molar-refractivity contribution >= 4 is 28.6 Å². The van der Waals surface area contributed by atoms with E-state index in [2.05, 4.69) is 15.4 Å². The van der Waals surface area contributed by atoms with Gasteiger partial charge in [-0.2, -0.15) is 5.10 Å². The number of anilines is 1. The van der Waals surface area contributed by atoms with Gasteiger partial charge in [-0.15, -0.1) is 0 Å². The average molecular weight is 409 g/mol. The molecule has 1 N–H and O–H groups in total. The Morgan fingerprint density at radius 2 is 1.87 bits per heavy atom. The summed E-state index contributed by atoms with van der Waals surface area (Å²) in [4.78, 5) is 29.8. The van der Waals surface area contributed by atoms with Gasteiger partial charge in [-0.05, 0) is 51.3 Å². The maximum Gasteiger partial charge on any atom is 0.339 e. The van der Waals surface area contributed by atoms with E-state index in [-0.39, 0.29) is 24.5 Å². The van der Waals surface area contributed by atoms with Crippen LogP contribution in [0, 0.1) is 13.8 Å². The topological polar surface area (TPSA) is 86.1 Å². The molecule has 1 amide bonds. The molecule has 2 aromatic heterocycles. The first-order valence-corrected chi connectivity index (χ1v) is 10.1. The average Bonchev–Trinajstić information content (AvgIpc) is 3.11. The van der Waals surface area contributed by atoms with Crippen LogP contribution >= 0.6 is 0 Å². The first kappa shape index (κ1) is 21.5. The number of carbonyl (C=O) groups excluding carboxylic acids is 2. The van der Waals surface area contributed by atoms with E-state index in [1.165, 1.54) is 0 Å². The van der Waals surface area contributed by atoms with Gasteiger partial charge < -0.3 is 10.1 Å². The summed E-state index contributed by atoms with van der Waals surface area (Å²) in [7, 11) is 0. The van der Waals surface area contributed by atoms with Crippen LogP contribution in [-0.2, 0) is 9.53 Å². The molecule has 3 rings (SSSR count). The highest BCUT2D eigenvalue weighted by molar-refractivity contribution is 6.04. The lowest BCUT2D eigenvalue weighted by Crippen LogP contribution is -2.21. The lowest BCUT2D eigenvalue weighted by Gasteiger charge is -2.12. The number of fused-ring (bicyclic) bond motifs is 1. The van der Waals surface area contributed by atoms with Crippen LogP contribution in [0.3, 0.4) is 0 Å². The molecule has 0 saturated heterocycles. The zero-order valence-electron chi connectivity index (χ0n) is 18.3. The van der Waals surface area contributed by atoms with Crippen LogP contribution in [0.25, 0.3) is 11.0 Å². The van der Waals surface area contributed by atoms with Gasteiger partial charge in [0.1, 0.15) is 0 Å². The smallest absolute Gasteiger partial charge is 0.339 e. The van der Waals surface area contributed by atoms with Gasteiger partial charge in [0.15, 0.2) is 12.3 Å². The summed E-state index contributed by atoms with van der Waals surface area (Å²) >= 11 is 0. The van der Waals surface area contributed by atoms with Crippen LogP contribution in [0.4, 0.5) is 5.69 Å². The SMILES string of the molecule is Cc1ccc(NC(=O)COC(=O)c2cc(C(C)C)nc3c2cnn3C(C)C)c(C)c1. The van der Waals surface area contributed by atoms with E-state index in [0.29, 0.717) is 22.3 Å². The summed E-state index contributed by atoms with van der Waals surface area (Å²) in [5.74, 6) is -0.824. The van der Waals surface area contributed by atoms with Gasteiger partial charge in [0, 0.05) is 17.4 Å². The number of benzene rings is 1. The highest BCUT2D eigenvalue weighted by Crippen LogP contribution is 2.25. The number of hydrogen-bond donors (Lipinski definition) is 1. The van der Waals surface area contributed by atoms with Gasteiger partial charge in [-0.3, -0.25) is 4.79 Å². The monoisotopic (exact) mass is 408 g/mol. The molecule has 0 aliphatic heterocycles. The molecule has 0 atom stereocenters. The van der Waals surface area contributed by atoms with Crippen LogP contribution in [-0.4, -0.2) is 33.2 Å². The fourth-order valence-electron chi connectivity index (χ4n) is 3.23. The lowest BCUT2D eigenvalue weighted by molar-refractivity contribution is -0.119. The number of hydrogen-bond acceptors (Lipinski definition) is 5. The Morgan fingerprint density at radius 3 is 2.50 bits per heavy atom. The second-order valence-electron chi connectivity index (χ2n) is 8.11. The van der Waals surface area contributed by atoms with Gasteiger partial charge in [-0.25, -0.2) is 14.5 Å². The third-order valence-electron chi connectivity index (χ3n) is 4.88. The molecule has 158 valence electrons. The molecular weight excluding hydrogens is 380 g/mol. The molecule has 0 aliphatic rings. The van der Waals surface area contributed by atoms with Crippen molar-refractivity contribution in [2.24, 2.45) is 0 Å². The molecule has 0 aliphatic carbocycles. The number of ether oxygens (including phenoxy) is 1. The molecule has 1 aromatic carbocycles. The van der Waals surface area contributed by atoms with Crippen LogP contribution < -0.4 is 5.32 Å². The number of nitrogens with zero attached hydrogens (tertiary/aromatic N) is 3. The summed E-state index contributed by atoms with van der Waals surface area (Å²) in [6, 6.07) is 7.57. The van der Waals surface area contributed by atoms with E-state index < -0.39 is 5.97 Å². The number of esters is 1. The first-order valence-electron chi connectivity index (χ1n) is 10.1. The molecule has 0 fully saturated rings. The Morgan fingerprint density at radius 1 is 1.13 bits per heavy atom. The largest absolute Gasteiger partial charge is 0.452 e. The van der Waals surface area contributed by atoms with Crippen LogP contribution in [0.1, 0.15) is 66.8 Å². The number of carbonyl (C=O) groups is 2. The minimum absolute atomic E-state index is 0.102. The summed E-state index contributed by atoms with van der Waals surface area (Å²) in [5.41, 5.74) is 4.55. The summed E-state index contributed by atoms with van der Waals surface area (Å²) in [6.45, 7) is 11.6. The fraction of sp³-hybridized carbons (Fsp3) is 0.391. The summed E-state index contributed by atoms with van der Waals surface area (Å²) < 4.78 is 7.11. The Balaban J connectivity index is 1.80. The second-order valence-corrected chi connectivity index (χ2v) is 8.11. The normalized spacial score (nSPS) is 11.3. The number of amides is 1. The molecule has 7 heteroatoms. The predicted molar refractivity (Wildman–Crippen MR) is 117 cm³/mol. The van der Waals surface area contributed by atoms with E-state index in [0.717, 1.165) is 16.8 Å². The van der Waals surface area contributed by atoms with Crippen molar-refractivity contribution in [1.82, 2.24) is 14.8 Å². The van der Waals surface area contributed by atoms with Crippen LogP contribution in [0.5, 0.6) is 0 Å². The van der Waals surface area contributed by atoms with Gasteiger partial charge in [-0.1, -0.05) is 31.5 Å². The maximum atomic E-state index is 12.8. The molecule has 0 saturated carbocycles. The molecular formula is C23H28N4O3. The Hall–Kier alpha value is -3.22. The van der Waals surface area contributed by atoms with E-state index >= 15 is 0 Å². The van der Waals surface area contributed by atoms with E-state index in [9.17, 15) is 9.59 Å². The lowest BCUT2D eigenvalue weighted by atomic mass is 10.1. The zero-order valence-corrected chi connectivity index (χ0v) is 18.3. The minimum atomic E-state index is -0.566. The number of rotatable bonds is 6. The van der Waals surface area contributed by atoms with Gasteiger partial charge >= 0.3 is 5.97 Å². The van der Waals surface area contributed by atoms with Crippen molar-refractivity contribution in [2.75, 3.05) is 11.9 Å². The highest BCUT2D eigenvalue weighted by Gasteiger charge is 2.20. The molecule has 3 aromatic rings. The van der Waals surface area contributed by atoms with Crippen molar-refractivity contribution in [1.29, 1.82) is 0 Å². The van der Waals surface area contributed by atoms with Gasteiger partial charge in [0.25, 0.3) is 5.91 Å². The summed E-state index contributed by atoms with van der Waals surface area (Å²) in [5, 5.41) is 7.78. The molecule has 2 heterocycles. The third kappa shape index (κ3) is 4.50. The van der Waals surface area contributed by atoms with Crippen LogP contribution in [0.15, 0.2) is 30.5 Å². The molecule has 0 unspecified atom stereocenters. The van der Waals surface area contributed by atoms with E-state index in [1.54, 1.807) is 16.9 Å². The van der Waals surface area contributed by atoms with E-state index in [1.807, 2.05) is 59.7 Å². The second kappa shape index (κ2) is 8.65. The van der Waals surface area contributed by atoms with Crippen molar-refractivity contribution < 1.29 is 14.3 Å². The maximum absolute atomic E-state index is 12.8. The van der Waals surface area contributed by atoms with Gasteiger partial charge in [0.2, 0.25) is 0 Å².